The number of aromatic nitrogens is 2. The molecule has 7 nitrogen and oxygen atoms in total. The Kier molecular flexibility index (Phi) is 4.71. The molecule has 0 radical (unpaired) electrons. The number of anilines is 1. The number of carbonyl (C=O) groups is 2. The molecule has 0 saturated carbocycles. The molecule has 1 N–H and O–H groups in total. The van der Waals surface area contributed by atoms with Gasteiger partial charge in [0.2, 0.25) is 11.8 Å². The molecule has 2 aromatic heterocycles. The van der Waals surface area contributed by atoms with Gasteiger partial charge in [-0.1, -0.05) is 5.16 Å². The monoisotopic (exact) mass is 334 g/mol. The van der Waals surface area contributed by atoms with Crippen LogP contribution in [0.4, 0.5) is 5.13 Å². The van der Waals surface area contributed by atoms with Crippen molar-refractivity contribution < 1.29 is 14.1 Å². The Hall–Kier alpha value is -2.22. The summed E-state index contributed by atoms with van der Waals surface area (Å²) in [7, 11) is 0. The van der Waals surface area contributed by atoms with E-state index in [1.165, 1.54) is 11.3 Å². The Balaban J connectivity index is 1.56. The fourth-order valence-electron chi connectivity index (χ4n) is 2.68. The lowest BCUT2D eigenvalue weighted by molar-refractivity contribution is -0.134. The largest absolute Gasteiger partial charge is 0.361 e. The molecule has 1 unspecified atom stereocenters. The molecule has 1 aliphatic heterocycles. The number of piperidine rings is 1. The number of amides is 2. The number of aryl methyl sites for hydroxylation is 1. The van der Waals surface area contributed by atoms with Crippen molar-refractivity contribution in [1.29, 1.82) is 0 Å². The first kappa shape index (κ1) is 15.7. The second-order valence-electron chi connectivity index (χ2n) is 5.61. The molecule has 8 heteroatoms. The maximum atomic E-state index is 12.4. The molecule has 0 spiro atoms. The second kappa shape index (κ2) is 6.91. The topological polar surface area (TPSA) is 88.3 Å². The molecular weight excluding hydrogens is 316 g/mol. The number of carbonyl (C=O) groups excluding carboxylic acids is 2. The smallest absolute Gasteiger partial charge is 0.231 e. The predicted octanol–water partition coefficient (Wildman–Crippen LogP) is 1.86. The van der Waals surface area contributed by atoms with Gasteiger partial charge in [0.1, 0.15) is 5.76 Å². The summed E-state index contributed by atoms with van der Waals surface area (Å²) in [5.74, 6) is 0.391. The molecule has 1 aliphatic rings. The van der Waals surface area contributed by atoms with Crippen LogP contribution in [0.3, 0.4) is 0 Å². The summed E-state index contributed by atoms with van der Waals surface area (Å²) < 4.78 is 4.98. The average Bonchev–Trinajstić information content (AvgIpc) is 3.19. The Bertz CT molecular complexity index is 683. The van der Waals surface area contributed by atoms with E-state index in [9.17, 15) is 9.59 Å². The molecule has 2 amide bonds. The van der Waals surface area contributed by atoms with Crippen molar-refractivity contribution in [2.75, 3.05) is 18.4 Å². The first-order valence-corrected chi connectivity index (χ1v) is 8.40. The van der Waals surface area contributed by atoms with Crippen LogP contribution in [0.5, 0.6) is 0 Å². The lowest BCUT2D eigenvalue weighted by Gasteiger charge is -2.31. The van der Waals surface area contributed by atoms with E-state index in [0.717, 1.165) is 12.8 Å². The molecule has 122 valence electrons. The van der Waals surface area contributed by atoms with E-state index in [2.05, 4.69) is 15.5 Å². The maximum Gasteiger partial charge on any atom is 0.231 e. The van der Waals surface area contributed by atoms with Gasteiger partial charge >= 0.3 is 0 Å². The number of hydrogen-bond donors (Lipinski definition) is 1. The van der Waals surface area contributed by atoms with Crippen molar-refractivity contribution in [3.8, 4) is 0 Å². The molecule has 1 atom stereocenters. The van der Waals surface area contributed by atoms with E-state index >= 15 is 0 Å². The van der Waals surface area contributed by atoms with Gasteiger partial charge in [0, 0.05) is 30.7 Å². The van der Waals surface area contributed by atoms with Crippen LogP contribution in [0.2, 0.25) is 0 Å². The first-order valence-electron chi connectivity index (χ1n) is 7.52. The summed E-state index contributed by atoms with van der Waals surface area (Å²) in [6, 6.07) is 1.76. The summed E-state index contributed by atoms with van der Waals surface area (Å²) in [6.45, 7) is 2.91. The van der Waals surface area contributed by atoms with Gasteiger partial charge in [0.15, 0.2) is 5.13 Å². The average molecular weight is 334 g/mol. The molecule has 3 rings (SSSR count). The van der Waals surface area contributed by atoms with Crippen LogP contribution < -0.4 is 5.32 Å². The quantitative estimate of drug-likeness (QED) is 0.922. The summed E-state index contributed by atoms with van der Waals surface area (Å²) in [6.07, 6.45) is 3.46. The summed E-state index contributed by atoms with van der Waals surface area (Å²) in [5.41, 5.74) is 0.627. The van der Waals surface area contributed by atoms with E-state index in [1.54, 1.807) is 24.1 Å². The zero-order valence-corrected chi connectivity index (χ0v) is 13.6. The van der Waals surface area contributed by atoms with E-state index in [1.807, 2.05) is 5.38 Å². The highest BCUT2D eigenvalue weighted by Crippen LogP contribution is 2.20. The number of likely N-dealkylation sites (tertiary alicyclic amines) is 1. The number of thiazole rings is 1. The zero-order valence-electron chi connectivity index (χ0n) is 12.8. The van der Waals surface area contributed by atoms with Crippen molar-refractivity contribution in [1.82, 2.24) is 15.0 Å². The maximum absolute atomic E-state index is 12.4. The van der Waals surface area contributed by atoms with E-state index in [0.29, 0.717) is 29.7 Å². The zero-order chi connectivity index (χ0) is 16.2. The highest BCUT2D eigenvalue weighted by atomic mass is 32.1. The van der Waals surface area contributed by atoms with Crippen LogP contribution >= 0.6 is 11.3 Å². The molecule has 1 fully saturated rings. The first-order chi connectivity index (χ1) is 11.1. The number of nitrogens with one attached hydrogen (secondary N) is 1. The van der Waals surface area contributed by atoms with Gasteiger partial charge in [-0.05, 0) is 19.8 Å². The van der Waals surface area contributed by atoms with Gasteiger partial charge in [-0.15, -0.1) is 11.3 Å². The standard InChI is InChI=1S/C15H18N4O3S/c1-10-7-12(18-22-10)8-13(20)19-5-2-3-11(9-19)14(21)17-15-16-4-6-23-15/h4,6-7,11H,2-3,5,8-9H2,1H3,(H,16,17,21). The van der Waals surface area contributed by atoms with Crippen LogP contribution in [-0.4, -0.2) is 39.9 Å². The van der Waals surface area contributed by atoms with Gasteiger partial charge in [0.05, 0.1) is 18.0 Å². The van der Waals surface area contributed by atoms with Gasteiger partial charge < -0.3 is 14.7 Å². The van der Waals surface area contributed by atoms with E-state index < -0.39 is 0 Å². The summed E-state index contributed by atoms with van der Waals surface area (Å²) in [4.78, 5) is 30.4. The van der Waals surface area contributed by atoms with Crippen LogP contribution in [0.15, 0.2) is 22.2 Å². The Morgan fingerprint density at radius 3 is 3.09 bits per heavy atom. The molecule has 2 aromatic rings. The van der Waals surface area contributed by atoms with E-state index in [4.69, 9.17) is 4.52 Å². The van der Waals surface area contributed by atoms with Crippen molar-refractivity contribution in [2.45, 2.75) is 26.2 Å². The Morgan fingerprint density at radius 2 is 2.39 bits per heavy atom. The second-order valence-corrected chi connectivity index (χ2v) is 6.51. The minimum atomic E-state index is -0.198. The molecule has 0 bridgehead atoms. The fourth-order valence-corrected chi connectivity index (χ4v) is 3.21. The Labute approximate surface area is 137 Å². The predicted molar refractivity (Wildman–Crippen MR) is 85.0 cm³/mol. The number of nitrogens with zero attached hydrogens (tertiary/aromatic N) is 3. The molecule has 3 heterocycles. The van der Waals surface area contributed by atoms with Crippen molar-refractivity contribution in [3.05, 3.63) is 29.1 Å². The molecule has 1 saturated heterocycles. The molecular formula is C15H18N4O3S. The van der Waals surface area contributed by atoms with Gasteiger partial charge in [-0.25, -0.2) is 4.98 Å². The van der Waals surface area contributed by atoms with E-state index in [-0.39, 0.29) is 24.2 Å². The third kappa shape index (κ3) is 3.95. The highest BCUT2D eigenvalue weighted by molar-refractivity contribution is 7.13. The lowest BCUT2D eigenvalue weighted by atomic mass is 9.97. The van der Waals surface area contributed by atoms with Gasteiger partial charge in [-0.3, -0.25) is 9.59 Å². The Morgan fingerprint density at radius 1 is 1.52 bits per heavy atom. The lowest BCUT2D eigenvalue weighted by Crippen LogP contribution is -2.44. The minimum Gasteiger partial charge on any atom is -0.361 e. The van der Waals surface area contributed by atoms with Crippen molar-refractivity contribution in [2.24, 2.45) is 5.92 Å². The molecule has 23 heavy (non-hydrogen) atoms. The normalized spacial score (nSPS) is 18.0. The van der Waals surface area contributed by atoms with Crippen molar-refractivity contribution in [3.63, 3.8) is 0 Å². The summed E-state index contributed by atoms with van der Waals surface area (Å²) >= 11 is 1.38. The highest BCUT2D eigenvalue weighted by Gasteiger charge is 2.29. The third-order valence-corrected chi connectivity index (χ3v) is 4.50. The van der Waals surface area contributed by atoms with Crippen LogP contribution in [0.25, 0.3) is 0 Å². The SMILES string of the molecule is Cc1cc(CC(=O)N2CCCC(C(=O)Nc3nccs3)C2)no1. The van der Waals surface area contributed by atoms with Gasteiger partial charge in [0.25, 0.3) is 0 Å². The fraction of sp³-hybridized carbons (Fsp3) is 0.467. The minimum absolute atomic E-state index is 0.0231. The van der Waals surface area contributed by atoms with Crippen LogP contribution in [0, 0.1) is 12.8 Å². The van der Waals surface area contributed by atoms with Crippen LogP contribution in [0.1, 0.15) is 24.3 Å². The number of rotatable bonds is 4. The van der Waals surface area contributed by atoms with Gasteiger partial charge in [-0.2, -0.15) is 0 Å². The molecule has 0 aliphatic carbocycles. The third-order valence-electron chi connectivity index (χ3n) is 3.82. The van der Waals surface area contributed by atoms with Crippen molar-refractivity contribution >= 4 is 28.3 Å². The molecule has 0 aromatic carbocycles. The summed E-state index contributed by atoms with van der Waals surface area (Å²) in [5, 5.41) is 9.06. The van der Waals surface area contributed by atoms with Crippen LogP contribution in [-0.2, 0) is 16.0 Å². The number of hydrogen-bond acceptors (Lipinski definition) is 6.